The molecule has 0 bridgehead atoms. The average Bonchev–Trinajstić information content (AvgIpc) is 1.80. The third-order valence-corrected chi connectivity index (χ3v) is 1.45. The summed E-state index contributed by atoms with van der Waals surface area (Å²) in [6.45, 7) is 0. The van der Waals surface area contributed by atoms with Crippen molar-refractivity contribution in [1.82, 2.24) is 0 Å². The van der Waals surface area contributed by atoms with Crippen molar-refractivity contribution in [2.45, 2.75) is 0 Å². The van der Waals surface area contributed by atoms with Crippen LogP contribution in [0.15, 0.2) is 18.2 Å². The molecule has 1 rings (SSSR count). The van der Waals surface area contributed by atoms with Gasteiger partial charge in [0.05, 0.1) is 5.02 Å². The Bertz CT molecular complexity index is 222. The van der Waals surface area contributed by atoms with Crippen LogP contribution in [0.2, 0.25) is 10.0 Å². The standard InChI is InChI=1S/C6H4Cl2O/c7-4-1-2-6(9)5(8)3-4/h1-3,9H/i1+2,2+2,3+2,4+2,5+2,6+2. The van der Waals surface area contributed by atoms with E-state index in [-0.39, 0.29) is 10.8 Å². The molecule has 0 fully saturated rings. The molecule has 1 N–H and O–H groups in total. The van der Waals surface area contributed by atoms with Crippen molar-refractivity contribution in [2.24, 2.45) is 0 Å². The second-order valence-electron chi connectivity index (χ2n) is 1.60. The van der Waals surface area contributed by atoms with Crippen molar-refractivity contribution < 1.29 is 5.11 Å². The molecule has 1 aromatic carbocycles. The van der Waals surface area contributed by atoms with Gasteiger partial charge in [-0.2, -0.15) is 0 Å². The van der Waals surface area contributed by atoms with Crippen molar-refractivity contribution in [3.63, 3.8) is 0 Å². The van der Waals surface area contributed by atoms with Crippen molar-refractivity contribution >= 4 is 23.2 Å². The number of aromatic hydroxyl groups is 1. The van der Waals surface area contributed by atoms with Gasteiger partial charge in [-0.1, -0.05) is 23.2 Å². The highest BCUT2D eigenvalue weighted by Crippen LogP contribution is 2.25. The monoisotopic (exact) mass is 174 g/mol. The van der Waals surface area contributed by atoms with Crippen molar-refractivity contribution in [3.8, 4) is 5.75 Å². The molecule has 0 atom stereocenters. The zero-order valence-electron chi connectivity index (χ0n) is 4.44. The number of hydrogen-bond acceptors (Lipinski definition) is 1. The number of halogens is 2. The molecule has 0 aliphatic heterocycles. The van der Waals surface area contributed by atoms with Gasteiger partial charge in [-0.05, 0) is 18.2 Å². The van der Waals surface area contributed by atoms with Crippen LogP contribution < -0.4 is 0 Å². The largest absolute Gasteiger partial charge is 0.506 e. The fourth-order valence-corrected chi connectivity index (χ4v) is 0.890. The van der Waals surface area contributed by atoms with E-state index < -0.39 is 0 Å². The highest BCUT2D eigenvalue weighted by molar-refractivity contribution is 6.35. The van der Waals surface area contributed by atoms with Crippen molar-refractivity contribution in [2.75, 3.05) is 0 Å². The van der Waals surface area contributed by atoms with Gasteiger partial charge in [0.1, 0.15) is 5.75 Å². The zero-order valence-corrected chi connectivity index (χ0v) is 5.95. The van der Waals surface area contributed by atoms with Crippen LogP contribution in [0, 0.1) is 0 Å². The summed E-state index contributed by atoms with van der Waals surface area (Å²) in [6.07, 6.45) is 0. The lowest BCUT2D eigenvalue weighted by atomic mass is 12.3. The average molecular weight is 175 g/mol. The molecule has 1 nitrogen and oxygen atoms in total. The zero-order chi connectivity index (χ0) is 6.85. The van der Waals surface area contributed by atoms with Crippen molar-refractivity contribution in [1.29, 1.82) is 0 Å². The molecule has 0 aliphatic carbocycles. The first-order chi connectivity index (χ1) is 4.20. The summed E-state index contributed by atoms with van der Waals surface area (Å²) in [5, 5.41) is 9.66. The number of rotatable bonds is 0. The number of phenols is 1. The molecule has 0 unspecified atom stereocenters. The highest BCUT2D eigenvalue weighted by Gasteiger charge is 1.95. The predicted octanol–water partition coefficient (Wildman–Crippen LogP) is 2.70. The molecule has 9 heavy (non-hydrogen) atoms. The normalized spacial score (nSPS) is 9.56. The molecule has 0 radical (unpaired) electrons. The van der Waals surface area contributed by atoms with Gasteiger partial charge < -0.3 is 5.11 Å². The topological polar surface area (TPSA) is 20.2 Å². The number of phenolic OH excluding ortho intramolecular Hbond substituents is 1. The summed E-state index contributed by atoms with van der Waals surface area (Å²) in [4.78, 5) is 0. The molecular formula is C6H4Cl2O. The van der Waals surface area contributed by atoms with E-state index in [0.717, 1.165) is 0 Å². The first kappa shape index (κ1) is 6.72. The lowest BCUT2D eigenvalue weighted by molar-refractivity contribution is 0.475. The molecule has 0 heterocycles. The summed E-state index contributed by atoms with van der Waals surface area (Å²) in [6, 6.07) is 4.51. The van der Waals surface area contributed by atoms with Crippen molar-refractivity contribution in [3.05, 3.63) is 28.2 Å². The van der Waals surface area contributed by atoms with E-state index in [9.17, 15) is 0 Å². The van der Waals surface area contributed by atoms with Gasteiger partial charge >= 0.3 is 0 Å². The summed E-state index contributed by atoms with van der Waals surface area (Å²) >= 11 is 11.0. The van der Waals surface area contributed by atoms with Crippen LogP contribution in [-0.2, 0) is 0 Å². The fraction of sp³-hybridized carbons (Fsp3) is 0. The van der Waals surface area contributed by atoms with E-state index in [1.165, 1.54) is 12.1 Å². The summed E-state index contributed by atoms with van der Waals surface area (Å²) in [5.74, 6) is 0.0565. The van der Waals surface area contributed by atoms with E-state index in [1.54, 1.807) is 6.07 Å². The smallest absolute Gasteiger partial charge is 0.134 e. The Labute approximate surface area is 62.8 Å². The molecule has 0 aliphatic rings. The second kappa shape index (κ2) is 2.46. The summed E-state index contributed by atoms with van der Waals surface area (Å²) < 4.78 is 0. The van der Waals surface area contributed by atoms with Gasteiger partial charge in [-0.15, -0.1) is 0 Å². The van der Waals surface area contributed by atoms with Gasteiger partial charge in [-0.25, -0.2) is 0 Å². The van der Waals surface area contributed by atoms with E-state index >= 15 is 0 Å². The van der Waals surface area contributed by atoms with E-state index in [1.807, 2.05) is 0 Å². The van der Waals surface area contributed by atoms with Crippen LogP contribution in [0.4, 0.5) is 0 Å². The van der Waals surface area contributed by atoms with E-state index in [4.69, 9.17) is 28.3 Å². The summed E-state index contributed by atoms with van der Waals surface area (Å²) in [5.41, 5.74) is 0. The van der Waals surface area contributed by atoms with Gasteiger partial charge in [0.15, 0.2) is 0 Å². The van der Waals surface area contributed by atoms with Crippen LogP contribution in [0.1, 0.15) is 0 Å². The first-order valence-corrected chi connectivity index (χ1v) is 3.10. The van der Waals surface area contributed by atoms with Crippen LogP contribution in [0.3, 0.4) is 0 Å². The lowest BCUT2D eigenvalue weighted by Crippen LogP contribution is -1.66. The van der Waals surface area contributed by atoms with E-state index in [2.05, 4.69) is 0 Å². The molecule has 1 aromatic rings. The lowest BCUT2D eigenvalue weighted by Gasteiger charge is -1.93. The Balaban J connectivity index is 3.17. The Morgan fingerprint density at radius 2 is 1.89 bits per heavy atom. The third kappa shape index (κ3) is 1.50. The summed E-state index contributed by atoms with van der Waals surface area (Å²) in [7, 11) is 0. The van der Waals surface area contributed by atoms with Crippen LogP contribution in [0.5, 0.6) is 5.75 Å². The Morgan fingerprint density at radius 1 is 1.22 bits per heavy atom. The number of benzene rings is 1. The minimum absolute atomic E-state index is 0.0565. The predicted molar refractivity (Wildman–Crippen MR) is 38.1 cm³/mol. The van der Waals surface area contributed by atoms with Gasteiger partial charge in [0.2, 0.25) is 0 Å². The molecule has 0 saturated carbocycles. The molecular weight excluding hydrogens is 171 g/mol. The van der Waals surface area contributed by atoms with Gasteiger partial charge in [0, 0.05) is 5.02 Å². The minimum atomic E-state index is 0.0565. The number of hydrogen-bond donors (Lipinski definition) is 1. The van der Waals surface area contributed by atoms with Crippen LogP contribution in [-0.4, -0.2) is 5.11 Å². The first-order valence-electron chi connectivity index (χ1n) is 2.34. The molecule has 0 saturated heterocycles. The SMILES string of the molecule is O[14c]1[14cH][14cH][14c](Cl)[14cH][14c]1Cl. The maximum Gasteiger partial charge on any atom is 0.134 e. The minimum Gasteiger partial charge on any atom is -0.506 e. The second-order valence-corrected chi connectivity index (χ2v) is 2.44. The third-order valence-electron chi connectivity index (χ3n) is 0.910. The molecule has 48 valence electrons. The van der Waals surface area contributed by atoms with Crippen LogP contribution >= 0.6 is 23.2 Å². The van der Waals surface area contributed by atoms with Gasteiger partial charge in [0.25, 0.3) is 0 Å². The highest BCUT2D eigenvalue weighted by atomic mass is 35.5. The van der Waals surface area contributed by atoms with E-state index in [0.29, 0.717) is 5.02 Å². The van der Waals surface area contributed by atoms with Crippen LogP contribution in [0.25, 0.3) is 0 Å². The molecule has 0 spiro atoms. The van der Waals surface area contributed by atoms with Gasteiger partial charge in [-0.3, -0.25) is 0 Å². The molecule has 0 amide bonds. The Hall–Kier alpha value is -0.400. The molecule has 3 heteroatoms. The Kier molecular flexibility index (Phi) is 1.84. The Morgan fingerprint density at radius 3 is 2.33 bits per heavy atom. The maximum absolute atomic E-state index is 8.85. The maximum atomic E-state index is 8.85. The quantitative estimate of drug-likeness (QED) is 0.642. The fourth-order valence-electron chi connectivity index (χ4n) is 0.481. The molecule has 0 aromatic heterocycles.